The molecule has 12 heavy (non-hydrogen) atoms. The van der Waals surface area contributed by atoms with Crippen LogP contribution in [0, 0.1) is 5.92 Å². The molecule has 0 unspecified atom stereocenters. The second-order valence-electron chi connectivity index (χ2n) is 3.11. The van der Waals surface area contributed by atoms with Crippen LogP contribution in [0.15, 0.2) is 0 Å². The van der Waals surface area contributed by atoms with Crippen LogP contribution in [0.5, 0.6) is 0 Å². The van der Waals surface area contributed by atoms with Crippen molar-refractivity contribution in [3.05, 3.63) is 0 Å². The summed E-state index contributed by atoms with van der Waals surface area (Å²) in [6, 6.07) is 0. The van der Waals surface area contributed by atoms with Crippen molar-refractivity contribution in [3.8, 4) is 0 Å². The van der Waals surface area contributed by atoms with Crippen LogP contribution in [0.2, 0.25) is 0 Å². The van der Waals surface area contributed by atoms with Crippen molar-refractivity contribution in [1.82, 2.24) is 0 Å². The highest BCUT2D eigenvalue weighted by Gasteiger charge is 2.19. The third-order valence-electron chi connectivity index (χ3n) is 1.61. The summed E-state index contributed by atoms with van der Waals surface area (Å²) in [5.41, 5.74) is 0. The molecule has 1 aliphatic rings. The van der Waals surface area contributed by atoms with E-state index in [1.54, 1.807) is 10.8 Å². The van der Waals surface area contributed by atoms with Crippen LogP contribution >= 0.6 is 21.6 Å². The van der Waals surface area contributed by atoms with E-state index in [1.165, 1.54) is 0 Å². The normalized spacial score (nSPS) is 24.1. The summed E-state index contributed by atoms with van der Waals surface area (Å²) in [6.07, 6.45) is 1.17. The molecule has 0 aromatic carbocycles. The molecule has 0 amide bonds. The minimum atomic E-state index is -0.0625. The molecule has 1 atom stereocenters. The lowest BCUT2D eigenvalue weighted by atomic mass is 10.2. The molecule has 0 radical (unpaired) electrons. The fourth-order valence-electron chi connectivity index (χ4n) is 0.839. The lowest BCUT2D eigenvalue weighted by Gasteiger charge is -2.21. The molecular formula is C8H14O2S2. The van der Waals surface area contributed by atoms with Gasteiger partial charge in [-0.05, 0) is 6.42 Å². The molecule has 1 fully saturated rings. The summed E-state index contributed by atoms with van der Waals surface area (Å²) in [7, 11) is 3.66. The number of hydrogen-bond donors (Lipinski definition) is 0. The SMILES string of the molecule is CC(C)C(=O)O[C@@H]1CCSSC1. The van der Waals surface area contributed by atoms with Crippen LogP contribution in [0.3, 0.4) is 0 Å². The average molecular weight is 206 g/mol. The maximum absolute atomic E-state index is 11.2. The van der Waals surface area contributed by atoms with Crippen LogP contribution in [-0.4, -0.2) is 23.6 Å². The first-order valence-electron chi connectivity index (χ1n) is 4.15. The van der Waals surface area contributed by atoms with E-state index in [0.717, 1.165) is 17.9 Å². The molecule has 0 N–H and O–H groups in total. The molecule has 0 aromatic heterocycles. The Morgan fingerprint density at radius 2 is 2.25 bits per heavy atom. The Morgan fingerprint density at radius 3 is 2.75 bits per heavy atom. The maximum Gasteiger partial charge on any atom is 0.308 e. The lowest BCUT2D eigenvalue weighted by molar-refractivity contribution is -0.151. The molecule has 1 rings (SSSR count). The van der Waals surface area contributed by atoms with E-state index in [0.29, 0.717) is 0 Å². The zero-order valence-corrected chi connectivity index (χ0v) is 9.04. The van der Waals surface area contributed by atoms with Crippen molar-refractivity contribution < 1.29 is 9.53 Å². The summed E-state index contributed by atoms with van der Waals surface area (Å²) >= 11 is 0. The van der Waals surface area contributed by atoms with E-state index in [-0.39, 0.29) is 18.0 Å². The molecule has 0 spiro atoms. The van der Waals surface area contributed by atoms with Gasteiger partial charge in [-0.15, -0.1) is 0 Å². The first kappa shape index (κ1) is 10.3. The number of esters is 1. The second-order valence-corrected chi connectivity index (χ2v) is 5.74. The summed E-state index contributed by atoms with van der Waals surface area (Å²) in [6.45, 7) is 3.74. The van der Waals surface area contributed by atoms with Crippen molar-refractivity contribution in [3.63, 3.8) is 0 Å². The van der Waals surface area contributed by atoms with Crippen molar-refractivity contribution in [2.45, 2.75) is 26.4 Å². The molecule has 1 heterocycles. The molecule has 1 saturated heterocycles. The van der Waals surface area contributed by atoms with Gasteiger partial charge in [0.1, 0.15) is 6.10 Å². The number of carbonyl (C=O) groups is 1. The van der Waals surface area contributed by atoms with Gasteiger partial charge >= 0.3 is 5.97 Å². The van der Waals surface area contributed by atoms with Gasteiger partial charge in [-0.3, -0.25) is 4.79 Å². The fourth-order valence-corrected chi connectivity index (χ4v) is 3.19. The summed E-state index contributed by atoms with van der Waals surface area (Å²) < 4.78 is 5.28. The second kappa shape index (κ2) is 5.02. The smallest absolute Gasteiger partial charge is 0.308 e. The van der Waals surface area contributed by atoms with Crippen molar-refractivity contribution >= 4 is 27.6 Å². The van der Waals surface area contributed by atoms with Gasteiger partial charge in [-0.2, -0.15) is 0 Å². The van der Waals surface area contributed by atoms with E-state index in [4.69, 9.17) is 4.74 Å². The molecule has 4 heteroatoms. The van der Waals surface area contributed by atoms with Gasteiger partial charge in [0.05, 0.1) is 5.92 Å². The van der Waals surface area contributed by atoms with Crippen molar-refractivity contribution in [2.24, 2.45) is 5.92 Å². The average Bonchev–Trinajstić information content (AvgIpc) is 2.06. The molecule has 0 aromatic rings. The molecular weight excluding hydrogens is 192 g/mol. The Balaban J connectivity index is 2.24. The topological polar surface area (TPSA) is 26.3 Å². The minimum absolute atomic E-state index is 0.00424. The first-order chi connectivity index (χ1) is 5.70. The molecule has 0 bridgehead atoms. The highest BCUT2D eigenvalue weighted by molar-refractivity contribution is 8.76. The maximum atomic E-state index is 11.2. The van der Waals surface area contributed by atoms with Crippen molar-refractivity contribution in [1.29, 1.82) is 0 Å². The van der Waals surface area contributed by atoms with E-state index in [1.807, 2.05) is 24.6 Å². The van der Waals surface area contributed by atoms with Gasteiger partial charge in [-0.25, -0.2) is 0 Å². The van der Waals surface area contributed by atoms with Crippen LogP contribution in [0.4, 0.5) is 0 Å². The van der Waals surface area contributed by atoms with E-state index >= 15 is 0 Å². The number of rotatable bonds is 2. The minimum Gasteiger partial charge on any atom is -0.461 e. The van der Waals surface area contributed by atoms with Crippen LogP contribution in [0.1, 0.15) is 20.3 Å². The molecule has 70 valence electrons. The predicted octanol–water partition coefficient (Wildman–Crippen LogP) is 2.34. The first-order valence-corrected chi connectivity index (χ1v) is 6.64. The monoisotopic (exact) mass is 206 g/mol. The molecule has 0 saturated carbocycles. The third kappa shape index (κ3) is 3.27. The summed E-state index contributed by atoms with van der Waals surface area (Å²) in [5.74, 6) is 1.99. The number of hydrogen-bond acceptors (Lipinski definition) is 4. The van der Waals surface area contributed by atoms with Gasteiger partial charge < -0.3 is 4.74 Å². The van der Waals surface area contributed by atoms with Crippen LogP contribution < -0.4 is 0 Å². The quantitative estimate of drug-likeness (QED) is 0.512. The number of carbonyl (C=O) groups excluding carboxylic acids is 1. The highest BCUT2D eigenvalue weighted by atomic mass is 33.1. The van der Waals surface area contributed by atoms with E-state index in [9.17, 15) is 4.79 Å². The Hall–Kier alpha value is 0.170. The van der Waals surface area contributed by atoms with E-state index < -0.39 is 0 Å². The Labute approximate surface area is 81.2 Å². The molecule has 1 aliphatic heterocycles. The molecule has 2 nitrogen and oxygen atoms in total. The Kier molecular flexibility index (Phi) is 4.29. The summed E-state index contributed by atoms with van der Waals surface area (Å²) in [4.78, 5) is 11.2. The van der Waals surface area contributed by atoms with Gasteiger partial charge in [-0.1, -0.05) is 35.4 Å². The zero-order chi connectivity index (χ0) is 8.97. The summed E-state index contributed by atoms with van der Waals surface area (Å²) in [5, 5.41) is 0. The van der Waals surface area contributed by atoms with Crippen LogP contribution in [-0.2, 0) is 9.53 Å². The fraction of sp³-hybridized carbons (Fsp3) is 0.875. The highest BCUT2D eigenvalue weighted by Crippen LogP contribution is 2.30. The van der Waals surface area contributed by atoms with Crippen LogP contribution in [0.25, 0.3) is 0 Å². The standard InChI is InChI=1S/C8H14O2S2/c1-6(2)8(9)10-7-3-4-11-12-5-7/h6-7H,3-5H2,1-2H3/t7-/m1/s1. The lowest BCUT2D eigenvalue weighted by Crippen LogP contribution is -2.25. The van der Waals surface area contributed by atoms with E-state index in [2.05, 4.69) is 0 Å². The van der Waals surface area contributed by atoms with Gasteiger partial charge in [0, 0.05) is 11.5 Å². The van der Waals surface area contributed by atoms with Crippen molar-refractivity contribution in [2.75, 3.05) is 11.5 Å². The Morgan fingerprint density at radius 1 is 1.50 bits per heavy atom. The zero-order valence-electron chi connectivity index (χ0n) is 7.41. The largest absolute Gasteiger partial charge is 0.461 e. The van der Waals surface area contributed by atoms with Gasteiger partial charge in [0.15, 0.2) is 0 Å². The van der Waals surface area contributed by atoms with Gasteiger partial charge in [0.2, 0.25) is 0 Å². The Bertz CT molecular complexity index is 153. The third-order valence-corrected chi connectivity index (χ3v) is 4.10. The van der Waals surface area contributed by atoms with Gasteiger partial charge in [0.25, 0.3) is 0 Å². The number of ether oxygens (including phenoxy) is 1. The predicted molar refractivity (Wildman–Crippen MR) is 54.3 cm³/mol. The molecule has 0 aliphatic carbocycles.